The van der Waals surface area contributed by atoms with Crippen molar-refractivity contribution >= 4 is 41.5 Å². The lowest BCUT2D eigenvalue weighted by Gasteiger charge is -2.30. The van der Waals surface area contributed by atoms with E-state index in [4.69, 9.17) is 4.99 Å². The molecule has 1 aromatic rings. The molecule has 3 N–H and O–H groups in total. The third-order valence-electron chi connectivity index (χ3n) is 5.78. The number of carbonyl (C=O) groups is 1. The van der Waals surface area contributed by atoms with Crippen molar-refractivity contribution in [2.75, 3.05) is 38.0 Å². The Labute approximate surface area is 192 Å². The smallest absolute Gasteiger partial charge is 0.225 e. The van der Waals surface area contributed by atoms with Gasteiger partial charge in [-0.1, -0.05) is 32.0 Å². The summed E-state index contributed by atoms with van der Waals surface area (Å²) in [6.07, 6.45) is 3.11. The van der Waals surface area contributed by atoms with E-state index in [0.717, 1.165) is 24.7 Å². The summed E-state index contributed by atoms with van der Waals surface area (Å²) < 4.78 is 0. The molecule has 162 valence electrons. The maximum Gasteiger partial charge on any atom is 0.225 e. The van der Waals surface area contributed by atoms with Crippen molar-refractivity contribution in [3.8, 4) is 0 Å². The number of para-hydroxylation sites is 1. The second-order valence-corrected chi connectivity index (χ2v) is 8.19. The molecule has 1 aromatic carbocycles. The number of benzene rings is 1. The number of hydrogen-bond donors (Lipinski definition) is 3. The summed E-state index contributed by atoms with van der Waals surface area (Å²) in [5.41, 5.74) is 2.13. The number of rotatable bonds is 7. The molecule has 0 spiro atoms. The summed E-state index contributed by atoms with van der Waals surface area (Å²) in [5.74, 6) is 1.67. The van der Waals surface area contributed by atoms with E-state index in [-0.39, 0.29) is 35.8 Å². The van der Waals surface area contributed by atoms with Crippen molar-refractivity contribution in [1.29, 1.82) is 0 Å². The molecule has 0 aliphatic carbocycles. The van der Waals surface area contributed by atoms with Crippen molar-refractivity contribution in [3.05, 3.63) is 29.8 Å². The Balaban J connectivity index is 0.00000300. The highest BCUT2D eigenvalue weighted by Crippen LogP contribution is 2.31. The zero-order valence-electron chi connectivity index (χ0n) is 17.9. The topological polar surface area (TPSA) is 68.8 Å². The van der Waals surface area contributed by atoms with Gasteiger partial charge in [0.05, 0.1) is 6.54 Å². The Bertz CT molecular complexity index is 688. The zero-order valence-corrected chi connectivity index (χ0v) is 20.2. The van der Waals surface area contributed by atoms with Gasteiger partial charge >= 0.3 is 0 Å². The van der Waals surface area contributed by atoms with Crippen LogP contribution in [0.5, 0.6) is 0 Å². The van der Waals surface area contributed by atoms with Crippen molar-refractivity contribution in [3.63, 3.8) is 0 Å². The molecule has 2 heterocycles. The van der Waals surface area contributed by atoms with Gasteiger partial charge in [-0.25, -0.2) is 0 Å². The van der Waals surface area contributed by atoms with Gasteiger partial charge in [-0.3, -0.25) is 14.7 Å². The molecular formula is C22H36IN5O. The van der Waals surface area contributed by atoms with Gasteiger partial charge in [0.1, 0.15) is 0 Å². The van der Waals surface area contributed by atoms with Crippen LogP contribution in [0.15, 0.2) is 29.3 Å². The lowest BCUT2D eigenvalue weighted by molar-refractivity contribution is -0.116. The second-order valence-electron chi connectivity index (χ2n) is 8.19. The summed E-state index contributed by atoms with van der Waals surface area (Å²) in [6, 6.07) is 8.56. The van der Waals surface area contributed by atoms with Crippen LogP contribution in [-0.4, -0.2) is 55.5 Å². The Kier molecular flexibility index (Phi) is 9.68. The van der Waals surface area contributed by atoms with Gasteiger partial charge in [-0.2, -0.15) is 0 Å². The number of carbonyl (C=O) groups excluding carboxylic acids is 1. The Morgan fingerprint density at radius 1 is 1.24 bits per heavy atom. The molecule has 0 aromatic heterocycles. The van der Waals surface area contributed by atoms with Crippen molar-refractivity contribution in [2.45, 2.75) is 52.0 Å². The van der Waals surface area contributed by atoms with Crippen LogP contribution in [-0.2, 0) is 4.79 Å². The first kappa shape index (κ1) is 23.9. The van der Waals surface area contributed by atoms with Crippen molar-refractivity contribution in [1.82, 2.24) is 15.5 Å². The summed E-state index contributed by atoms with van der Waals surface area (Å²) in [4.78, 5) is 19.5. The number of aliphatic imine (C=N–C) groups is 1. The minimum absolute atomic E-state index is 0. The number of fused-ring (bicyclic) bond motifs is 1. The number of guanidine groups is 1. The minimum Gasteiger partial charge on any atom is -0.357 e. The number of nitrogens with one attached hydrogen (secondary N) is 3. The zero-order chi connectivity index (χ0) is 19.9. The van der Waals surface area contributed by atoms with E-state index in [2.05, 4.69) is 47.7 Å². The largest absolute Gasteiger partial charge is 0.357 e. The van der Waals surface area contributed by atoms with Gasteiger partial charge in [-0.05, 0) is 50.4 Å². The molecule has 2 aliphatic rings. The number of halogens is 1. The molecular weight excluding hydrogens is 477 g/mol. The predicted octanol–water partition coefficient (Wildman–Crippen LogP) is 3.41. The molecule has 6 nitrogen and oxygen atoms in total. The molecule has 1 fully saturated rings. The van der Waals surface area contributed by atoms with Gasteiger partial charge in [0.15, 0.2) is 5.96 Å². The van der Waals surface area contributed by atoms with Crippen LogP contribution in [0, 0.1) is 5.92 Å². The molecule has 0 saturated carbocycles. The molecule has 3 rings (SSSR count). The molecule has 1 amide bonds. The van der Waals surface area contributed by atoms with E-state index >= 15 is 0 Å². The van der Waals surface area contributed by atoms with E-state index in [1.54, 1.807) is 0 Å². The molecule has 29 heavy (non-hydrogen) atoms. The fourth-order valence-electron chi connectivity index (χ4n) is 4.25. The molecule has 0 radical (unpaired) electrons. The quantitative estimate of drug-likeness (QED) is 0.297. The Morgan fingerprint density at radius 3 is 2.66 bits per heavy atom. The van der Waals surface area contributed by atoms with E-state index < -0.39 is 0 Å². The van der Waals surface area contributed by atoms with Crippen LogP contribution in [0.4, 0.5) is 5.69 Å². The molecule has 1 saturated heterocycles. The third kappa shape index (κ3) is 6.57. The minimum atomic E-state index is 0. The summed E-state index contributed by atoms with van der Waals surface area (Å²) in [7, 11) is 0. The highest BCUT2D eigenvalue weighted by Gasteiger charge is 2.26. The van der Waals surface area contributed by atoms with Gasteiger partial charge in [0.25, 0.3) is 0 Å². The normalized spacial score (nSPS) is 20.6. The van der Waals surface area contributed by atoms with Crippen molar-refractivity contribution < 1.29 is 4.79 Å². The van der Waals surface area contributed by atoms with Gasteiger partial charge in [0, 0.05) is 37.2 Å². The number of hydrogen-bond acceptors (Lipinski definition) is 3. The standard InChI is InChI=1S/C22H35N5O.HI/c1-4-23-22(25-15-20(16(2)3)27-11-7-8-12-27)24-14-17-13-21(28)26-19-10-6-5-9-18(17)19;/h5-6,9-10,16-17,20H,4,7-8,11-15H2,1-3H3,(H,26,28)(H2,23,24,25);1H. The van der Waals surface area contributed by atoms with Crippen LogP contribution < -0.4 is 16.0 Å². The average molecular weight is 513 g/mol. The van der Waals surface area contributed by atoms with E-state index in [1.165, 1.54) is 31.5 Å². The molecule has 0 bridgehead atoms. The third-order valence-corrected chi connectivity index (χ3v) is 5.78. The fourth-order valence-corrected chi connectivity index (χ4v) is 4.25. The van der Waals surface area contributed by atoms with Gasteiger partial charge in [-0.15, -0.1) is 24.0 Å². The number of anilines is 1. The molecule has 7 heteroatoms. The first-order valence-corrected chi connectivity index (χ1v) is 10.7. The van der Waals surface area contributed by atoms with E-state index in [1.807, 2.05) is 18.2 Å². The van der Waals surface area contributed by atoms with Crippen LogP contribution in [0.3, 0.4) is 0 Å². The average Bonchev–Trinajstić information content (AvgIpc) is 3.20. The second kappa shape index (κ2) is 11.7. The molecule has 2 atom stereocenters. The lowest BCUT2D eigenvalue weighted by atomic mass is 9.90. The first-order chi connectivity index (χ1) is 13.6. The highest BCUT2D eigenvalue weighted by molar-refractivity contribution is 14.0. The SMILES string of the molecule is CCNC(=NCC(C(C)C)N1CCCC1)NCC1CC(=O)Nc2ccccc21.I. The van der Waals surface area contributed by atoms with Crippen LogP contribution in [0.1, 0.15) is 51.5 Å². The maximum atomic E-state index is 12.1. The molecule has 2 aliphatic heterocycles. The maximum absolute atomic E-state index is 12.1. The predicted molar refractivity (Wildman–Crippen MR) is 131 cm³/mol. The monoisotopic (exact) mass is 513 g/mol. The summed E-state index contributed by atoms with van der Waals surface area (Å²) in [5, 5.41) is 9.81. The number of likely N-dealkylation sites (tertiary alicyclic amines) is 1. The van der Waals surface area contributed by atoms with Crippen molar-refractivity contribution in [2.24, 2.45) is 10.9 Å². The van der Waals surface area contributed by atoms with Crippen LogP contribution in [0.25, 0.3) is 0 Å². The van der Waals surface area contributed by atoms with Gasteiger partial charge < -0.3 is 16.0 Å². The lowest BCUT2D eigenvalue weighted by Crippen LogP contribution is -2.43. The van der Waals surface area contributed by atoms with Crippen LogP contribution >= 0.6 is 24.0 Å². The van der Waals surface area contributed by atoms with E-state index in [0.29, 0.717) is 24.9 Å². The summed E-state index contributed by atoms with van der Waals surface area (Å²) in [6.45, 7) is 11.4. The van der Waals surface area contributed by atoms with Crippen LogP contribution in [0.2, 0.25) is 0 Å². The first-order valence-electron chi connectivity index (χ1n) is 10.7. The van der Waals surface area contributed by atoms with Gasteiger partial charge in [0.2, 0.25) is 5.91 Å². The Morgan fingerprint density at radius 2 is 1.97 bits per heavy atom. The number of nitrogens with zero attached hydrogens (tertiary/aromatic N) is 2. The fraction of sp³-hybridized carbons (Fsp3) is 0.636. The number of amides is 1. The van der Waals surface area contributed by atoms with E-state index in [9.17, 15) is 4.79 Å². The summed E-state index contributed by atoms with van der Waals surface area (Å²) >= 11 is 0. The highest BCUT2D eigenvalue weighted by atomic mass is 127. The molecule has 2 unspecified atom stereocenters. The Hall–Kier alpha value is -1.35.